The highest BCUT2D eigenvalue weighted by Crippen LogP contribution is 2.32. The minimum Gasteiger partial charge on any atom is -0.454 e. The van der Waals surface area contributed by atoms with Gasteiger partial charge in [-0.25, -0.2) is 18.2 Å². The molecule has 0 bridgehead atoms. The van der Waals surface area contributed by atoms with Crippen molar-refractivity contribution in [2.45, 2.75) is 0 Å². The summed E-state index contributed by atoms with van der Waals surface area (Å²) in [5, 5.41) is 0.388. The van der Waals surface area contributed by atoms with Crippen LogP contribution < -0.4 is 4.74 Å². The smallest absolute Gasteiger partial charge is 0.184 e. The maximum Gasteiger partial charge on any atom is 0.184 e. The van der Waals surface area contributed by atoms with E-state index in [-0.39, 0.29) is 15.7 Å². The highest BCUT2D eigenvalue weighted by atomic mass is 79.9. The fraction of sp³-hybridized carbons (Fsp3) is 0. The van der Waals surface area contributed by atoms with E-state index in [4.69, 9.17) is 4.74 Å². The Hall–Kier alpha value is -2.08. The molecule has 3 aromatic rings. The fourth-order valence-corrected chi connectivity index (χ4v) is 2.21. The molecule has 0 spiro atoms. The van der Waals surface area contributed by atoms with Gasteiger partial charge in [-0.15, -0.1) is 0 Å². The van der Waals surface area contributed by atoms with E-state index in [0.29, 0.717) is 11.1 Å². The Bertz CT molecular complexity index is 839. The Labute approximate surface area is 126 Å². The zero-order valence-electron chi connectivity index (χ0n) is 10.4. The number of pyridine rings is 1. The van der Waals surface area contributed by atoms with Crippen LogP contribution in [0.3, 0.4) is 0 Å². The van der Waals surface area contributed by atoms with Crippen molar-refractivity contribution in [3.8, 4) is 11.5 Å². The Kier molecular flexibility index (Phi) is 3.55. The minimum atomic E-state index is -1.01. The molecule has 106 valence electrons. The summed E-state index contributed by atoms with van der Waals surface area (Å²) in [6, 6.07) is 8.27. The summed E-state index contributed by atoms with van der Waals surface area (Å²) in [4.78, 5) is 3.84. The molecule has 2 nitrogen and oxygen atoms in total. The summed E-state index contributed by atoms with van der Waals surface area (Å²) < 4.78 is 45.7. The molecule has 0 atom stereocenters. The lowest BCUT2D eigenvalue weighted by Gasteiger charge is -2.09. The first-order chi connectivity index (χ1) is 10.1. The van der Waals surface area contributed by atoms with E-state index < -0.39 is 17.5 Å². The van der Waals surface area contributed by atoms with Crippen LogP contribution in [-0.2, 0) is 0 Å². The summed E-state index contributed by atoms with van der Waals surface area (Å²) in [5.74, 6) is -1.88. The highest BCUT2D eigenvalue weighted by Gasteiger charge is 2.11. The number of rotatable bonds is 2. The van der Waals surface area contributed by atoms with Crippen molar-refractivity contribution < 1.29 is 17.9 Å². The second-order valence-corrected chi connectivity index (χ2v) is 5.05. The number of nitrogens with zero attached hydrogens (tertiary/aromatic N) is 1. The van der Waals surface area contributed by atoms with E-state index in [2.05, 4.69) is 20.9 Å². The first-order valence-electron chi connectivity index (χ1n) is 5.92. The monoisotopic (exact) mass is 353 g/mol. The minimum absolute atomic E-state index is 0.0827. The van der Waals surface area contributed by atoms with Crippen molar-refractivity contribution in [1.82, 2.24) is 4.98 Å². The summed E-state index contributed by atoms with van der Waals surface area (Å²) in [5.41, 5.74) is -0.0827. The normalized spacial score (nSPS) is 10.9. The number of ether oxygens (including phenoxy) is 1. The van der Waals surface area contributed by atoms with Crippen LogP contribution in [0.15, 0.2) is 47.1 Å². The number of halogens is 4. The van der Waals surface area contributed by atoms with Crippen molar-refractivity contribution in [2.24, 2.45) is 0 Å². The molecule has 0 amide bonds. The van der Waals surface area contributed by atoms with Gasteiger partial charge in [-0.3, -0.25) is 0 Å². The van der Waals surface area contributed by atoms with Crippen LogP contribution in [-0.4, -0.2) is 4.98 Å². The molecule has 0 fully saturated rings. The van der Waals surface area contributed by atoms with Gasteiger partial charge in [-0.2, -0.15) is 0 Å². The van der Waals surface area contributed by atoms with E-state index in [1.807, 2.05) is 0 Å². The van der Waals surface area contributed by atoms with E-state index in [0.717, 1.165) is 6.07 Å². The van der Waals surface area contributed by atoms with Gasteiger partial charge in [-0.05, 0) is 46.3 Å². The maximum atomic E-state index is 13.5. The van der Waals surface area contributed by atoms with Crippen LogP contribution in [0.4, 0.5) is 13.2 Å². The van der Waals surface area contributed by atoms with Crippen LogP contribution in [0, 0.1) is 17.5 Å². The SMILES string of the molecule is Fc1cccc(Oc2cnc3c(F)c(F)ccc3c2)c1Br. The predicted octanol–water partition coefficient (Wildman–Crippen LogP) is 5.21. The Balaban J connectivity index is 2.02. The van der Waals surface area contributed by atoms with E-state index in [1.54, 1.807) is 6.07 Å². The van der Waals surface area contributed by atoms with Crippen molar-refractivity contribution in [2.75, 3.05) is 0 Å². The van der Waals surface area contributed by atoms with E-state index in [9.17, 15) is 13.2 Å². The molecule has 2 aromatic carbocycles. The van der Waals surface area contributed by atoms with Crippen LogP contribution in [0.5, 0.6) is 11.5 Å². The second kappa shape index (κ2) is 5.37. The summed E-state index contributed by atoms with van der Waals surface area (Å²) >= 11 is 3.08. The average Bonchev–Trinajstić information content (AvgIpc) is 2.48. The van der Waals surface area contributed by atoms with Gasteiger partial charge in [-0.1, -0.05) is 6.07 Å². The van der Waals surface area contributed by atoms with Crippen LogP contribution in [0.1, 0.15) is 0 Å². The van der Waals surface area contributed by atoms with Crippen molar-refractivity contribution in [3.63, 3.8) is 0 Å². The molecular weight excluding hydrogens is 347 g/mol. The summed E-state index contributed by atoms with van der Waals surface area (Å²) in [6.45, 7) is 0. The number of fused-ring (bicyclic) bond motifs is 1. The van der Waals surface area contributed by atoms with Crippen molar-refractivity contribution in [1.29, 1.82) is 0 Å². The third-order valence-corrected chi connectivity index (χ3v) is 3.63. The first kappa shape index (κ1) is 13.9. The lowest BCUT2D eigenvalue weighted by atomic mass is 10.2. The summed E-state index contributed by atoms with van der Waals surface area (Å²) in [7, 11) is 0. The molecule has 0 unspecified atom stereocenters. The van der Waals surface area contributed by atoms with Crippen LogP contribution in [0.25, 0.3) is 10.9 Å². The van der Waals surface area contributed by atoms with Crippen molar-refractivity contribution in [3.05, 3.63) is 64.5 Å². The molecule has 0 saturated heterocycles. The lowest BCUT2D eigenvalue weighted by molar-refractivity contribution is 0.470. The number of benzene rings is 2. The fourth-order valence-electron chi connectivity index (χ4n) is 1.87. The number of hydrogen-bond donors (Lipinski definition) is 0. The Morgan fingerprint density at radius 3 is 2.62 bits per heavy atom. The van der Waals surface area contributed by atoms with Gasteiger partial charge < -0.3 is 4.74 Å². The third-order valence-electron chi connectivity index (χ3n) is 2.86. The van der Waals surface area contributed by atoms with Gasteiger partial charge in [0.1, 0.15) is 22.8 Å². The highest BCUT2D eigenvalue weighted by molar-refractivity contribution is 9.10. The van der Waals surface area contributed by atoms with Gasteiger partial charge in [0.25, 0.3) is 0 Å². The van der Waals surface area contributed by atoms with Gasteiger partial charge in [0.2, 0.25) is 0 Å². The van der Waals surface area contributed by atoms with Crippen LogP contribution >= 0.6 is 15.9 Å². The van der Waals surface area contributed by atoms with Crippen molar-refractivity contribution >= 4 is 26.8 Å². The molecule has 0 N–H and O–H groups in total. The molecule has 21 heavy (non-hydrogen) atoms. The average molecular weight is 354 g/mol. The standard InChI is InChI=1S/C15H7BrF3NO/c16-13-10(17)2-1-3-12(13)21-9-6-8-4-5-11(18)14(19)15(8)20-7-9/h1-7H. The quantitative estimate of drug-likeness (QED) is 0.631. The molecule has 0 saturated carbocycles. The number of hydrogen-bond acceptors (Lipinski definition) is 2. The first-order valence-corrected chi connectivity index (χ1v) is 6.71. The molecule has 1 heterocycles. The van der Waals surface area contributed by atoms with Gasteiger partial charge in [0, 0.05) is 5.39 Å². The van der Waals surface area contributed by atoms with Gasteiger partial charge in [0.05, 0.1) is 10.7 Å². The zero-order chi connectivity index (χ0) is 15.0. The maximum absolute atomic E-state index is 13.5. The third kappa shape index (κ3) is 2.58. The second-order valence-electron chi connectivity index (χ2n) is 4.26. The molecular formula is C15H7BrF3NO. The molecule has 6 heteroatoms. The molecule has 3 rings (SSSR count). The van der Waals surface area contributed by atoms with E-state index in [1.165, 1.54) is 30.5 Å². The predicted molar refractivity (Wildman–Crippen MR) is 75.8 cm³/mol. The Morgan fingerprint density at radius 1 is 1.00 bits per heavy atom. The van der Waals surface area contributed by atoms with Gasteiger partial charge >= 0.3 is 0 Å². The molecule has 0 radical (unpaired) electrons. The topological polar surface area (TPSA) is 22.1 Å². The molecule has 0 aliphatic rings. The molecule has 1 aromatic heterocycles. The molecule has 0 aliphatic carbocycles. The zero-order valence-corrected chi connectivity index (χ0v) is 12.0. The number of aromatic nitrogens is 1. The molecule has 0 aliphatic heterocycles. The summed E-state index contributed by atoms with van der Waals surface area (Å²) in [6.07, 6.45) is 1.25. The van der Waals surface area contributed by atoms with E-state index >= 15 is 0 Å². The Morgan fingerprint density at radius 2 is 1.81 bits per heavy atom. The largest absolute Gasteiger partial charge is 0.454 e. The lowest BCUT2D eigenvalue weighted by Crippen LogP contribution is -1.92. The van der Waals surface area contributed by atoms with Crippen LogP contribution in [0.2, 0.25) is 0 Å². The van der Waals surface area contributed by atoms with Gasteiger partial charge in [0.15, 0.2) is 11.6 Å².